The second kappa shape index (κ2) is 7.81. The molecule has 20 heavy (non-hydrogen) atoms. The molecule has 1 aliphatic rings. The third-order valence-electron chi connectivity index (χ3n) is 3.71. The highest BCUT2D eigenvalue weighted by atomic mass is 35.5. The second-order valence-corrected chi connectivity index (χ2v) is 5.40. The van der Waals surface area contributed by atoms with E-state index in [1.54, 1.807) is 0 Å². The molecule has 0 bridgehead atoms. The molecule has 2 atom stereocenters. The quantitative estimate of drug-likeness (QED) is 0.898. The number of carbonyl (C=O) groups is 1. The first-order chi connectivity index (χ1) is 9.11. The topological polar surface area (TPSA) is 55.1 Å². The number of amides is 1. The van der Waals surface area contributed by atoms with E-state index in [4.69, 9.17) is 17.3 Å². The standard InChI is InChI=1S/C14H18ClFN2O.ClH/c15-11-6-5-9(7-12(11)16)14(19)18-13-4-2-1-3-10(13)8-17;/h5-7,10,13H,1-4,8,17H2,(H,18,19);1H. The number of rotatable bonds is 3. The van der Waals surface area contributed by atoms with Crippen molar-refractivity contribution < 1.29 is 9.18 Å². The van der Waals surface area contributed by atoms with Gasteiger partial charge in [-0.25, -0.2) is 4.39 Å². The Hall–Kier alpha value is -0.840. The summed E-state index contributed by atoms with van der Waals surface area (Å²) in [5, 5.41) is 2.98. The fourth-order valence-corrected chi connectivity index (χ4v) is 2.69. The molecule has 2 rings (SSSR count). The highest BCUT2D eigenvalue weighted by Gasteiger charge is 2.25. The normalized spacial score (nSPS) is 21.9. The van der Waals surface area contributed by atoms with E-state index in [0.717, 1.165) is 31.7 Å². The van der Waals surface area contributed by atoms with Crippen LogP contribution in [0.5, 0.6) is 0 Å². The third-order valence-corrected chi connectivity index (χ3v) is 4.02. The summed E-state index contributed by atoms with van der Waals surface area (Å²) in [6, 6.07) is 4.18. The van der Waals surface area contributed by atoms with Crippen molar-refractivity contribution in [2.45, 2.75) is 31.7 Å². The van der Waals surface area contributed by atoms with Gasteiger partial charge in [-0.15, -0.1) is 12.4 Å². The van der Waals surface area contributed by atoms with E-state index < -0.39 is 5.82 Å². The van der Waals surface area contributed by atoms with Crippen LogP contribution in [0.4, 0.5) is 4.39 Å². The Bertz CT molecular complexity index is 470. The van der Waals surface area contributed by atoms with Gasteiger partial charge in [0, 0.05) is 11.6 Å². The first-order valence-corrected chi connectivity index (χ1v) is 6.95. The molecule has 0 radical (unpaired) electrons. The maximum atomic E-state index is 13.3. The zero-order valence-corrected chi connectivity index (χ0v) is 12.6. The van der Waals surface area contributed by atoms with Crippen LogP contribution in [-0.4, -0.2) is 18.5 Å². The average Bonchev–Trinajstić information content (AvgIpc) is 2.42. The first kappa shape index (κ1) is 17.2. The van der Waals surface area contributed by atoms with E-state index in [0.29, 0.717) is 18.0 Å². The average molecular weight is 321 g/mol. The lowest BCUT2D eigenvalue weighted by atomic mass is 9.84. The minimum Gasteiger partial charge on any atom is -0.349 e. The Labute approximate surface area is 129 Å². The summed E-state index contributed by atoms with van der Waals surface area (Å²) in [5.41, 5.74) is 6.02. The lowest BCUT2D eigenvalue weighted by Gasteiger charge is -2.31. The van der Waals surface area contributed by atoms with Crippen molar-refractivity contribution >= 4 is 29.9 Å². The minimum absolute atomic E-state index is 0. The van der Waals surface area contributed by atoms with Gasteiger partial charge in [0.1, 0.15) is 5.82 Å². The zero-order valence-electron chi connectivity index (χ0n) is 11.1. The Morgan fingerprint density at radius 2 is 2.10 bits per heavy atom. The van der Waals surface area contributed by atoms with Crippen molar-refractivity contribution in [1.29, 1.82) is 0 Å². The van der Waals surface area contributed by atoms with Crippen molar-refractivity contribution in [1.82, 2.24) is 5.32 Å². The summed E-state index contributed by atoms with van der Waals surface area (Å²) >= 11 is 5.60. The Kier molecular flexibility index (Phi) is 6.72. The van der Waals surface area contributed by atoms with Crippen molar-refractivity contribution in [3.63, 3.8) is 0 Å². The van der Waals surface area contributed by atoms with Gasteiger partial charge in [-0.05, 0) is 43.5 Å². The summed E-state index contributed by atoms with van der Waals surface area (Å²) in [4.78, 5) is 12.1. The molecule has 0 aromatic heterocycles. The summed E-state index contributed by atoms with van der Waals surface area (Å²) in [6.45, 7) is 0.569. The molecule has 0 aliphatic heterocycles. The molecule has 0 spiro atoms. The van der Waals surface area contributed by atoms with Gasteiger partial charge < -0.3 is 11.1 Å². The SMILES string of the molecule is Cl.NCC1CCCCC1NC(=O)c1ccc(Cl)c(F)c1. The predicted octanol–water partition coefficient (Wildman–Crippen LogP) is 3.15. The van der Waals surface area contributed by atoms with E-state index in [-0.39, 0.29) is 29.4 Å². The first-order valence-electron chi connectivity index (χ1n) is 6.58. The van der Waals surface area contributed by atoms with Crippen LogP contribution in [0.2, 0.25) is 5.02 Å². The minimum atomic E-state index is -0.576. The number of halogens is 3. The second-order valence-electron chi connectivity index (χ2n) is 4.99. The number of benzene rings is 1. The van der Waals surface area contributed by atoms with Crippen LogP contribution in [-0.2, 0) is 0 Å². The summed E-state index contributed by atoms with van der Waals surface area (Å²) in [5.74, 6) is -0.524. The largest absolute Gasteiger partial charge is 0.349 e. The van der Waals surface area contributed by atoms with Gasteiger partial charge in [-0.2, -0.15) is 0 Å². The van der Waals surface area contributed by atoms with Gasteiger partial charge in [-0.1, -0.05) is 24.4 Å². The van der Waals surface area contributed by atoms with Gasteiger partial charge in [0.05, 0.1) is 5.02 Å². The van der Waals surface area contributed by atoms with Crippen LogP contribution >= 0.6 is 24.0 Å². The lowest BCUT2D eigenvalue weighted by molar-refractivity contribution is 0.0907. The van der Waals surface area contributed by atoms with E-state index in [1.165, 1.54) is 12.1 Å². The van der Waals surface area contributed by atoms with Gasteiger partial charge in [-0.3, -0.25) is 4.79 Å². The molecular formula is C14H19Cl2FN2O. The van der Waals surface area contributed by atoms with Gasteiger partial charge in [0.25, 0.3) is 5.91 Å². The Balaban J connectivity index is 0.00000200. The molecule has 1 fully saturated rings. The van der Waals surface area contributed by atoms with E-state index in [1.807, 2.05) is 0 Å². The fraction of sp³-hybridized carbons (Fsp3) is 0.500. The zero-order chi connectivity index (χ0) is 13.8. The summed E-state index contributed by atoms with van der Waals surface area (Å²) in [7, 11) is 0. The number of nitrogens with one attached hydrogen (secondary N) is 1. The molecule has 0 heterocycles. The lowest BCUT2D eigenvalue weighted by Crippen LogP contribution is -2.44. The van der Waals surface area contributed by atoms with Gasteiger partial charge in [0.15, 0.2) is 0 Å². The van der Waals surface area contributed by atoms with Crippen molar-refractivity contribution in [3.8, 4) is 0 Å². The van der Waals surface area contributed by atoms with Crippen LogP contribution < -0.4 is 11.1 Å². The van der Waals surface area contributed by atoms with E-state index >= 15 is 0 Å². The number of carbonyl (C=O) groups excluding carboxylic acids is 1. The van der Waals surface area contributed by atoms with Crippen LogP contribution in [0.25, 0.3) is 0 Å². The predicted molar refractivity (Wildman–Crippen MR) is 80.9 cm³/mol. The molecule has 1 saturated carbocycles. The molecule has 112 valence electrons. The van der Waals surface area contributed by atoms with Crippen molar-refractivity contribution in [3.05, 3.63) is 34.6 Å². The maximum absolute atomic E-state index is 13.3. The third kappa shape index (κ3) is 4.08. The Morgan fingerprint density at radius 3 is 2.75 bits per heavy atom. The molecule has 1 aromatic carbocycles. The molecular weight excluding hydrogens is 302 g/mol. The smallest absolute Gasteiger partial charge is 0.251 e. The maximum Gasteiger partial charge on any atom is 0.251 e. The van der Waals surface area contributed by atoms with Gasteiger partial charge in [0.2, 0.25) is 0 Å². The van der Waals surface area contributed by atoms with Crippen LogP contribution in [0.1, 0.15) is 36.0 Å². The molecule has 3 N–H and O–H groups in total. The van der Waals surface area contributed by atoms with Crippen molar-refractivity contribution in [2.24, 2.45) is 11.7 Å². The number of nitrogens with two attached hydrogens (primary N) is 1. The molecule has 1 aliphatic carbocycles. The van der Waals surface area contributed by atoms with Crippen molar-refractivity contribution in [2.75, 3.05) is 6.54 Å². The van der Waals surface area contributed by atoms with E-state index in [2.05, 4.69) is 5.32 Å². The van der Waals surface area contributed by atoms with Crippen LogP contribution in [0.15, 0.2) is 18.2 Å². The highest BCUT2D eigenvalue weighted by Crippen LogP contribution is 2.24. The van der Waals surface area contributed by atoms with E-state index in [9.17, 15) is 9.18 Å². The summed E-state index contributed by atoms with van der Waals surface area (Å²) in [6.07, 6.45) is 4.22. The molecule has 2 unspecified atom stereocenters. The fourth-order valence-electron chi connectivity index (χ4n) is 2.57. The number of hydrogen-bond acceptors (Lipinski definition) is 2. The molecule has 3 nitrogen and oxygen atoms in total. The Morgan fingerprint density at radius 1 is 1.40 bits per heavy atom. The van der Waals surface area contributed by atoms with Crippen LogP contribution in [0.3, 0.4) is 0 Å². The van der Waals surface area contributed by atoms with Crippen LogP contribution in [0, 0.1) is 11.7 Å². The summed E-state index contributed by atoms with van der Waals surface area (Å²) < 4.78 is 13.3. The monoisotopic (exact) mass is 320 g/mol. The highest BCUT2D eigenvalue weighted by molar-refractivity contribution is 6.30. The number of hydrogen-bond donors (Lipinski definition) is 2. The van der Waals surface area contributed by atoms with Gasteiger partial charge >= 0.3 is 0 Å². The molecule has 6 heteroatoms. The molecule has 0 saturated heterocycles. The molecule has 1 aromatic rings. The molecule has 1 amide bonds.